The van der Waals surface area contributed by atoms with Crippen molar-refractivity contribution in [2.45, 2.75) is 57.0 Å². The van der Waals surface area contributed by atoms with Gasteiger partial charge in [0.15, 0.2) is 0 Å². The molecule has 0 bridgehead atoms. The molecule has 1 unspecified atom stereocenters. The first kappa shape index (κ1) is 16.0. The Hall–Kier alpha value is -1.34. The quantitative estimate of drug-likeness (QED) is 0.922. The van der Waals surface area contributed by atoms with Gasteiger partial charge in [-0.15, -0.1) is 0 Å². The normalized spacial score (nSPS) is 20.0. The molecular weight excluding hydrogens is 290 g/mol. The molecule has 2 N–H and O–H groups in total. The van der Waals surface area contributed by atoms with E-state index in [2.05, 4.69) is 0 Å². The Morgan fingerprint density at radius 3 is 2.57 bits per heavy atom. The van der Waals surface area contributed by atoms with E-state index in [0.717, 1.165) is 19.3 Å². The van der Waals surface area contributed by atoms with E-state index in [-0.39, 0.29) is 22.9 Å². The molecule has 1 aromatic rings. The summed E-state index contributed by atoms with van der Waals surface area (Å²) in [5, 5.41) is 5.18. The van der Waals surface area contributed by atoms with Crippen LogP contribution in [0.15, 0.2) is 17.2 Å². The molecule has 1 fully saturated rings. The summed E-state index contributed by atoms with van der Waals surface area (Å²) in [4.78, 5) is 14.6. The van der Waals surface area contributed by atoms with Crippen LogP contribution in [0, 0.1) is 0 Å². The first-order chi connectivity index (χ1) is 9.71. The Balaban J connectivity index is 2.42. The van der Waals surface area contributed by atoms with E-state index >= 15 is 0 Å². The zero-order valence-electron chi connectivity index (χ0n) is 12.7. The molecule has 1 amide bonds. The van der Waals surface area contributed by atoms with Crippen molar-refractivity contribution in [3.8, 4) is 0 Å². The number of nitrogens with two attached hydrogens (primary N) is 1. The highest BCUT2D eigenvalue weighted by atomic mass is 32.2. The molecule has 7 heteroatoms. The Labute approximate surface area is 126 Å². The van der Waals surface area contributed by atoms with E-state index in [0.29, 0.717) is 12.2 Å². The zero-order chi connectivity index (χ0) is 15.8. The summed E-state index contributed by atoms with van der Waals surface area (Å²) in [5.41, 5.74) is 0.391. The van der Waals surface area contributed by atoms with Crippen LogP contribution in [0.1, 0.15) is 56.6 Å². The van der Waals surface area contributed by atoms with Crippen molar-refractivity contribution in [3.63, 3.8) is 0 Å². The number of nitrogens with zero attached hydrogens (tertiary/aromatic N) is 2. The van der Waals surface area contributed by atoms with Gasteiger partial charge in [0.05, 0.1) is 0 Å². The van der Waals surface area contributed by atoms with Crippen LogP contribution < -0.4 is 5.14 Å². The van der Waals surface area contributed by atoms with Crippen molar-refractivity contribution in [3.05, 3.63) is 18.0 Å². The fourth-order valence-electron chi connectivity index (χ4n) is 2.76. The number of carbonyl (C=O) groups excluding carboxylic acids is 1. The molecule has 0 aliphatic carbocycles. The van der Waals surface area contributed by atoms with Gasteiger partial charge in [0.25, 0.3) is 5.91 Å². The topological polar surface area (TPSA) is 85.4 Å². The summed E-state index contributed by atoms with van der Waals surface area (Å²) < 4.78 is 24.7. The van der Waals surface area contributed by atoms with Crippen molar-refractivity contribution in [1.82, 2.24) is 9.47 Å². The fraction of sp³-hybridized carbons (Fsp3) is 0.643. The number of aromatic nitrogens is 1. The van der Waals surface area contributed by atoms with E-state index in [1.807, 2.05) is 25.7 Å². The fourth-order valence-corrected chi connectivity index (χ4v) is 3.29. The monoisotopic (exact) mass is 313 g/mol. The number of primary sulfonamides is 1. The number of amides is 1. The van der Waals surface area contributed by atoms with Gasteiger partial charge in [0.1, 0.15) is 10.6 Å². The van der Waals surface area contributed by atoms with Gasteiger partial charge in [0, 0.05) is 24.8 Å². The summed E-state index contributed by atoms with van der Waals surface area (Å²) >= 11 is 0. The van der Waals surface area contributed by atoms with Crippen LogP contribution in [0.25, 0.3) is 0 Å². The van der Waals surface area contributed by atoms with E-state index in [4.69, 9.17) is 5.14 Å². The van der Waals surface area contributed by atoms with Gasteiger partial charge in [-0.3, -0.25) is 4.79 Å². The van der Waals surface area contributed by atoms with Gasteiger partial charge in [-0.25, -0.2) is 13.6 Å². The second-order valence-corrected chi connectivity index (χ2v) is 7.51. The minimum Gasteiger partial charge on any atom is -0.340 e. The van der Waals surface area contributed by atoms with E-state index in [1.54, 1.807) is 4.57 Å². The van der Waals surface area contributed by atoms with Gasteiger partial charge in [-0.05, 0) is 46.1 Å². The summed E-state index contributed by atoms with van der Waals surface area (Å²) in [5.74, 6) is -0.120. The molecule has 1 aliphatic heterocycles. The molecule has 118 valence electrons. The third-order valence-electron chi connectivity index (χ3n) is 3.99. The lowest BCUT2D eigenvalue weighted by Gasteiger charge is -2.33. The van der Waals surface area contributed by atoms with Gasteiger partial charge < -0.3 is 9.47 Å². The van der Waals surface area contributed by atoms with Crippen molar-refractivity contribution in [2.75, 3.05) is 6.54 Å². The van der Waals surface area contributed by atoms with Crippen molar-refractivity contribution >= 4 is 15.9 Å². The second kappa shape index (κ2) is 5.81. The van der Waals surface area contributed by atoms with Crippen LogP contribution in [0.3, 0.4) is 0 Å². The highest BCUT2D eigenvalue weighted by Gasteiger charge is 2.28. The molecule has 1 aromatic heterocycles. The minimum absolute atomic E-state index is 0.00999. The molecule has 0 saturated carbocycles. The highest BCUT2D eigenvalue weighted by molar-refractivity contribution is 7.89. The Kier molecular flexibility index (Phi) is 4.43. The Morgan fingerprint density at radius 2 is 2.05 bits per heavy atom. The third kappa shape index (κ3) is 3.29. The maximum atomic E-state index is 12.7. The summed E-state index contributed by atoms with van der Waals surface area (Å²) in [6.07, 6.45) is 4.54. The zero-order valence-corrected chi connectivity index (χ0v) is 13.6. The van der Waals surface area contributed by atoms with Gasteiger partial charge in [-0.2, -0.15) is 0 Å². The van der Waals surface area contributed by atoms with E-state index < -0.39 is 10.0 Å². The second-order valence-electron chi connectivity index (χ2n) is 5.95. The van der Waals surface area contributed by atoms with Crippen LogP contribution >= 0.6 is 0 Å². The molecule has 1 aliphatic rings. The van der Waals surface area contributed by atoms with Crippen LogP contribution in [-0.2, 0) is 10.0 Å². The maximum absolute atomic E-state index is 12.7. The molecule has 1 saturated heterocycles. The molecule has 1 atom stereocenters. The molecule has 0 radical (unpaired) electrons. The van der Waals surface area contributed by atoms with E-state index in [9.17, 15) is 13.2 Å². The lowest BCUT2D eigenvalue weighted by molar-refractivity contribution is 0.0623. The Morgan fingerprint density at radius 1 is 1.38 bits per heavy atom. The predicted molar refractivity (Wildman–Crippen MR) is 80.5 cm³/mol. The Bertz CT molecular complexity index is 634. The number of carbonyl (C=O) groups is 1. The largest absolute Gasteiger partial charge is 0.340 e. The van der Waals surface area contributed by atoms with Crippen molar-refractivity contribution in [1.29, 1.82) is 0 Å². The number of piperidine rings is 1. The van der Waals surface area contributed by atoms with Crippen molar-refractivity contribution in [2.24, 2.45) is 5.14 Å². The first-order valence-electron chi connectivity index (χ1n) is 7.27. The average molecular weight is 313 g/mol. The lowest BCUT2D eigenvalue weighted by Crippen LogP contribution is -2.42. The summed E-state index contributed by atoms with van der Waals surface area (Å²) in [6, 6.07) is 1.55. The first-order valence-corrected chi connectivity index (χ1v) is 8.82. The van der Waals surface area contributed by atoms with Crippen molar-refractivity contribution < 1.29 is 13.2 Å². The SMILES string of the molecule is CC1CCCCN1C(=O)c1cc(S(N)(=O)=O)cn1C(C)C. The smallest absolute Gasteiger partial charge is 0.270 e. The van der Waals surface area contributed by atoms with Gasteiger partial charge >= 0.3 is 0 Å². The standard InChI is InChI=1S/C14H23N3O3S/c1-10(2)17-9-12(21(15,19)20)8-13(17)14(18)16-7-5-4-6-11(16)3/h8-11H,4-7H2,1-3H3,(H2,15,19,20). The molecule has 0 aromatic carbocycles. The molecule has 6 nitrogen and oxygen atoms in total. The van der Waals surface area contributed by atoms with E-state index in [1.165, 1.54) is 12.3 Å². The number of likely N-dealkylation sites (tertiary alicyclic amines) is 1. The lowest BCUT2D eigenvalue weighted by atomic mass is 10.0. The van der Waals surface area contributed by atoms with Gasteiger partial charge in [0.2, 0.25) is 10.0 Å². The maximum Gasteiger partial charge on any atom is 0.270 e. The highest BCUT2D eigenvalue weighted by Crippen LogP contribution is 2.23. The number of rotatable bonds is 3. The van der Waals surface area contributed by atoms with Crippen LogP contribution in [0.2, 0.25) is 0 Å². The average Bonchev–Trinajstić information content (AvgIpc) is 2.83. The molecular formula is C14H23N3O3S. The molecule has 0 spiro atoms. The van der Waals surface area contributed by atoms with Gasteiger partial charge in [-0.1, -0.05) is 0 Å². The minimum atomic E-state index is -3.81. The molecule has 2 rings (SSSR count). The summed E-state index contributed by atoms with van der Waals surface area (Å²) in [6.45, 7) is 6.56. The molecule has 21 heavy (non-hydrogen) atoms. The number of hydrogen-bond acceptors (Lipinski definition) is 3. The number of hydrogen-bond donors (Lipinski definition) is 1. The summed E-state index contributed by atoms with van der Waals surface area (Å²) in [7, 11) is -3.81. The predicted octanol–water partition coefficient (Wildman–Crippen LogP) is 1.73. The number of sulfonamides is 1. The third-order valence-corrected chi connectivity index (χ3v) is 4.87. The van der Waals surface area contributed by atoms with Crippen LogP contribution in [0.5, 0.6) is 0 Å². The van der Waals surface area contributed by atoms with Crippen LogP contribution in [0.4, 0.5) is 0 Å². The molecule has 2 heterocycles. The van der Waals surface area contributed by atoms with Crippen LogP contribution in [-0.4, -0.2) is 36.4 Å².